The highest BCUT2D eigenvalue weighted by atomic mass is 32.1. The minimum Gasteiger partial charge on any atom is -0.493 e. The molecule has 2 rings (SSSR count). The Morgan fingerprint density at radius 2 is 1.65 bits per heavy atom. The molecule has 3 N–H and O–H groups in total. The molecule has 0 fully saturated rings. The van der Waals surface area contributed by atoms with Crippen LogP contribution in [0.25, 0.3) is 0 Å². The molecule has 0 atom stereocenters. The van der Waals surface area contributed by atoms with Gasteiger partial charge in [-0.25, -0.2) is 0 Å². The Morgan fingerprint density at radius 1 is 0.903 bits per heavy atom. The van der Waals surface area contributed by atoms with Gasteiger partial charge < -0.3 is 15.4 Å². The molecule has 7 heteroatoms. The molecule has 0 spiro atoms. The molecule has 0 aliphatic heterocycles. The summed E-state index contributed by atoms with van der Waals surface area (Å²) in [6.07, 6.45) is 5.29. The first-order valence-electron chi connectivity index (χ1n) is 10.8. The van der Waals surface area contributed by atoms with Gasteiger partial charge in [-0.05, 0) is 61.5 Å². The van der Waals surface area contributed by atoms with Gasteiger partial charge in [0.2, 0.25) is 0 Å². The fourth-order valence-corrected chi connectivity index (χ4v) is 3.08. The van der Waals surface area contributed by atoms with Crippen molar-refractivity contribution in [2.45, 2.75) is 46.0 Å². The Kier molecular flexibility index (Phi) is 10.5. The highest BCUT2D eigenvalue weighted by molar-refractivity contribution is 7.80. The molecule has 6 nitrogen and oxygen atoms in total. The molecule has 0 radical (unpaired) electrons. The molecule has 0 aliphatic rings. The van der Waals surface area contributed by atoms with Crippen LogP contribution in [-0.2, 0) is 0 Å². The lowest BCUT2D eigenvalue weighted by molar-refractivity contribution is 0.0950. The van der Waals surface area contributed by atoms with E-state index in [1.54, 1.807) is 42.5 Å². The predicted molar refractivity (Wildman–Crippen MR) is 129 cm³/mol. The lowest BCUT2D eigenvalue weighted by Crippen LogP contribution is -2.34. The van der Waals surface area contributed by atoms with Gasteiger partial charge in [-0.2, -0.15) is 0 Å². The Hall–Kier alpha value is -2.93. The third-order valence-electron chi connectivity index (χ3n) is 4.55. The zero-order valence-corrected chi connectivity index (χ0v) is 19.0. The fraction of sp³-hybridized carbons (Fsp3) is 0.375. The number of carbonyl (C=O) groups excluding carboxylic acids is 2. The van der Waals surface area contributed by atoms with Crippen LogP contribution in [0.2, 0.25) is 0 Å². The van der Waals surface area contributed by atoms with Crippen molar-refractivity contribution in [3.8, 4) is 5.75 Å². The van der Waals surface area contributed by atoms with Crippen molar-refractivity contribution in [3.63, 3.8) is 0 Å². The van der Waals surface area contributed by atoms with Crippen molar-refractivity contribution in [1.82, 2.24) is 10.6 Å². The quantitative estimate of drug-likeness (QED) is 0.341. The summed E-state index contributed by atoms with van der Waals surface area (Å²) >= 11 is 5.27. The van der Waals surface area contributed by atoms with Gasteiger partial charge in [0.05, 0.1) is 12.2 Å². The van der Waals surface area contributed by atoms with Crippen LogP contribution in [0.5, 0.6) is 5.75 Å². The Morgan fingerprint density at radius 3 is 2.35 bits per heavy atom. The highest BCUT2D eigenvalue weighted by Gasteiger charge is 2.14. The molecule has 166 valence electrons. The zero-order chi connectivity index (χ0) is 22.5. The maximum atomic E-state index is 12.7. The number of hydrogen-bond acceptors (Lipinski definition) is 4. The molecule has 2 aromatic rings. The molecule has 0 saturated carbocycles. The lowest BCUT2D eigenvalue weighted by atomic mass is 10.2. The van der Waals surface area contributed by atoms with Crippen LogP contribution in [0, 0.1) is 0 Å². The van der Waals surface area contributed by atoms with Crippen LogP contribution >= 0.6 is 12.2 Å². The van der Waals surface area contributed by atoms with Crippen molar-refractivity contribution in [1.29, 1.82) is 0 Å². The number of ether oxygens (including phenoxy) is 1. The third kappa shape index (κ3) is 8.38. The van der Waals surface area contributed by atoms with Crippen molar-refractivity contribution in [2.24, 2.45) is 0 Å². The average Bonchev–Trinajstić information content (AvgIpc) is 2.78. The van der Waals surface area contributed by atoms with Crippen LogP contribution in [0.1, 0.15) is 66.7 Å². The van der Waals surface area contributed by atoms with E-state index in [4.69, 9.17) is 17.0 Å². The maximum absolute atomic E-state index is 12.7. The molecule has 2 amide bonds. The second-order valence-electron chi connectivity index (χ2n) is 7.15. The summed E-state index contributed by atoms with van der Waals surface area (Å²) in [5, 5.41) is 8.65. The van der Waals surface area contributed by atoms with Crippen LogP contribution in [-0.4, -0.2) is 30.1 Å². The molecule has 0 bridgehead atoms. The van der Waals surface area contributed by atoms with E-state index in [0.717, 1.165) is 25.7 Å². The SMILES string of the molecule is CCCCCCOc1ccccc1C(=O)NC(=S)Nc1ccc(C(=O)NCCC)cc1. The second kappa shape index (κ2) is 13.4. The van der Waals surface area contributed by atoms with E-state index in [2.05, 4.69) is 22.9 Å². The summed E-state index contributed by atoms with van der Waals surface area (Å²) in [7, 11) is 0. The summed E-state index contributed by atoms with van der Waals surface area (Å²) in [6, 6.07) is 14.0. The topological polar surface area (TPSA) is 79.5 Å². The van der Waals surface area contributed by atoms with Gasteiger partial charge in [0.25, 0.3) is 11.8 Å². The first-order chi connectivity index (χ1) is 15.0. The number of carbonyl (C=O) groups is 2. The summed E-state index contributed by atoms with van der Waals surface area (Å²) in [6.45, 7) is 5.38. The Labute approximate surface area is 189 Å². The molecular weight excluding hydrogens is 410 g/mol. The largest absolute Gasteiger partial charge is 0.493 e. The van der Waals surface area contributed by atoms with Gasteiger partial charge in [-0.3, -0.25) is 14.9 Å². The van der Waals surface area contributed by atoms with Crippen molar-refractivity contribution < 1.29 is 14.3 Å². The van der Waals surface area contributed by atoms with Gasteiger partial charge in [-0.15, -0.1) is 0 Å². The Bertz CT molecular complexity index is 869. The number of nitrogens with one attached hydrogen (secondary N) is 3. The fourth-order valence-electron chi connectivity index (χ4n) is 2.87. The number of hydrogen-bond donors (Lipinski definition) is 3. The molecule has 0 saturated heterocycles. The average molecular weight is 442 g/mol. The summed E-state index contributed by atoms with van der Waals surface area (Å²) in [5.74, 6) is 0.0922. The lowest BCUT2D eigenvalue weighted by Gasteiger charge is -2.13. The predicted octanol–water partition coefficient (Wildman–Crippen LogP) is 4.91. The molecule has 0 unspecified atom stereocenters. The summed E-state index contributed by atoms with van der Waals surface area (Å²) in [5.41, 5.74) is 1.68. The van der Waals surface area contributed by atoms with Crippen molar-refractivity contribution in [3.05, 3.63) is 59.7 Å². The van der Waals surface area contributed by atoms with E-state index in [1.807, 2.05) is 13.0 Å². The van der Waals surface area contributed by atoms with Crippen LogP contribution in [0.15, 0.2) is 48.5 Å². The standard InChI is InChI=1S/C24H31N3O3S/c1-3-5-6-9-17-30-21-11-8-7-10-20(21)23(29)27-24(31)26-19-14-12-18(13-15-19)22(28)25-16-4-2/h7-8,10-15H,3-6,9,16-17H2,1-2H3,(H,25,28)(H2,26,27,29,31). The number of amides is 2. The molecule has 0 aromatic heterocycles. The van der Waals surface area contributed by atoms with E-state index in [0.29, 0.717) is 35.7 Å². The normalized spacial score (nSPS) is 10.3. The van der Waals surface area contributed by atoms with Crippen LogP contribution in [0.3, 0.4) is 0 Å². The van der Waals surface area contributed by atoms with Crippen LogP contribution in [0.4, 0.5) is 5.69 Å². The minimum atomic E-state index is -0.336. The molecule has 2 aromatic carbocycles. The maximum Gasteiger partial charge on any atom is 0.261 e. The Balaban J connectivity index is 1.89. The molecule has 0 heterocycles. The number of para-hydroxylation sites is 1. The zero-order valence-electron chi connectivity index (χ0n) is 18.2. The number of benzene rings is 2. The summed E-state index contributed by atoms with van der Waals surface area (Å²) in [4.78, 5) is 24.6. The van der Waals surface area contributed by atoms with Gasteiger partial charge >= 0.3 is 0 Å². The van der Waals surface area contributed by atoms with Crippen LogP contribution < -0.4 is 20.7 Å². The van der Waals surface area contributed by atoms with Gasteiger partial charge in [-0.1, -0.05) is 45.2 Å². The number of thiocarbonyl (C=S) groups is 1. The smallest absolute Gasteiger partial charge is 0.261 e. The minimum absolute atomic E-state index is 0.115. The second-order valence-corrected chi connectivity index (χ2v) is 7.56. The first-order valence-corrected chi connectivity index (χ1v) is 11.2. The van der Waals surface area contributed by atoms with Gasteiger partial charge in [0, 0.05) is 17.8 Å². The number of rotatable bonds is 11. The van der Waals surface area contributed by atoms with E-state index in [9.17, 15) is 9.59 Å². The molecule has 31 heavy (non-hydrogen) atoms. The third-order valence-corrected chi connectivity index (χ3v) is 4.76. The van der Waals surface area contributed by atoms with E-state index >= 15 is 0 Å². The van der Waals surface area contributed by atoms with E-state index in [1.165, 1.54) is 6.42 Å². The van der Waals surface area contributed by atoms with Crippen molar-refractivity contribution in [2.75, 3.05) is 18.5 Å². The van der Waals surface area contributed by atoms with Gasteiger partial charge in [0.1, 0.15) is 5.75 Å². The molecule has 0 aliphatic carbocycles. The first kappa shape index (κ1) is 24.3. The molecular formula is C24H31N3O3S. The number of unbranched alkanes of at least 4 members (excludes halogenated alkanes) is 3. The van der Waals surface area contributed by atoms with E-state index in [-0.39, 0.29) is 16.9 Å². The monoisotopic (exact) mass is 441 g/mol. The van der Waals surface area contributed by atoms with E-state index < -0.39 is 0 Å². The highest BCUT2D eigenvalue weighted by Crippen LogP contribution is 2.18. The van der Waals surface area contributed by atoms with Gasteiger partial charge in [0.15, 0.2) is 5.11 Å². The number of anilines is 1. The summed E-state index contributed by atoms with van der Waals surface area (Å²) < 4.78 is 5.81. The van der Waals surface area contributed by atoms with Crippen molar-refractivity contribution >= 4 is 34.8 Å².